The zero-order valence-electron chi connectivity index (χ0n) is 10.5. The summed E-state index contributed by atoms with van der Waals surface area (Å²) in [5.74, 6) is 1.09. The molecular formula is C15H19NO. The van der Waals surface area contributed by atoms with Crippen LogP contribution in [-0.4, -0.2) is 18.7 Å². The predicted octanol–water partition coefficient (Wildman–Crippen LogP) is 2.83. The van der Waals surface area contributed by atoms with Crippen molar-refractivity contribution in [1.29, 1.82) is 0 Å². The molecule has 0 unspecified atom stereocenters. The van der Waals surface area contributed by atoms with Crippen LogP contribution in [0.15, 0.2) is 18.2 Å². The molecule has 0 aromatic heterocycles. The van der Waals surface area contributed by atoms with E-state index in [0.717, 1.165) is 31.7 Å². The van der Waals surface area contributed by atoms with Crippen LogP contribution in [0.3, 0.4) is 0 Å². The summed E-state index contributed by atoms with van der Waals surface area (Å²) in [6, 6.07) is 4.32. The van der Waals surface area contributed by atoms with Crippen LogP contribution in [0, 0.1) is 13.8 Å². The minimum atomic E-state index is -0.0587. The molecule has 1 spiro atoms. The van der Waals surface area contributed by atoms with Gasteiger partial charge in [-0.25, -0.2) is 0 Å². The monoisotopic (exact) mass is 229 g/mol. The maximum Gasteiger partial charge on any atom is 0.131 e. The highest BCUT2D eigenvalue weighted by molar-refractivity contribution is 5.64. The Bertz CT molecular complexity index is 470. The third-order valence-electron chi connectivity index (χ3n) is 4.03. The minimum absolute atomic E-state index is 0.0587. The van der Waals surface area contributed by atoms with E-state index >= 15 is 0 Å². The average Bonchev–Trinajstić information content (AvgIpc) is 2.36. The SMILES string of the molecule is Cc1ccc2c(c1C)OC1(C=C2)CCNCC1. The molecule has 1 aromatic carbocycles. The minimum Gasteiger partial charge on any atom is -0.482 e. The Labute approximate surface area is 103 Å². The van der Waals surface area contributed by atoms with Crippen molar-refractivity contribution in [2.75, 3.05) is 13.1 Å². The normalized spacial score (nSPS) is 21.1. The van der Waals surface area contributed by atoms with Crippen molar-refractivity contribution >= 4 is 6.08 Å². The number of hydrogen-bond acceptors (Lipinski definition) is 2. The molecule has 1 aromatic rings. The Hall–Kier alpha value is -1.28. The fourth-order valence-corrected chi connectivity index (χ4v) is 2.68. The predicted molar refractivity (Wildman–Crippen MR) is 70.4 cm³/mol. The van der Waals surface area contributed by atoms with E-state index < -0.39 is 0 Å². The molecule has 0 saturated carbocycles. The standard InChI is InChI=1S/C15H19NO/c1-11-3-4-13-5-6-15(7-9-16-10-8-15)17-14(13)12(11)2/h3-6,16H,7-10H2,1-2H3. The summed E-state index contributed by atoms with van der Waals surface area (Å²) >= 11 is 0. The summed E-state index contributed by atoms with van der Waals surface area (Å²) in [5, 5.41) is 3.39. The van der Waals surface area contributed by atoms with Gasteiger partial charge in [-0.2, -0.15) is 0 Å². The fourth-order valence-electron chi connectivity index (χ4n) is 2.68. The number of nitrogens with one attached hydrogen (secondary N) is 1. The van der Waals surface area contributed by atoms with Crippen molar-refractivity contribution < 1.29 is 4.74 Å². The van der Waals surface area contributed by atoms with Crippen LogP contribution < -0.4 is 10.1 Å². The lowest BCUT2D eigenvalue weighted by Gasteiger charge is -2.39. The maximum absolute atomic E-state index is 6.35. The van der Waals surface area contributed by atoms with Gasteiger partial charge in [0.2, 0.25) is 0 Å². The molecule has 0 bridgehead atoms. The number of aryl methyl sites for hydroxylation is 1. The Balaban J connectivity index is 2.01. The molecule has 0 amide bonds. The van der Waals surface area contributed by atoms with Gasteiger partial charge in [0.1, 0.15) is 11.4 Å². The van der Waals surface area contributed by atoms with Crippen LogP contribution in [0.1, 0.15) is 29.5 Å². The lowest BCUT2D eigenvalue weighted by Crippen LogP contribution is -2.45. The quantitative estimate of drug-likeness (QED) is 0.738. The maximum atomic E-state index is 6.35. The third-order valence-corrected chi connectivity index (χ3v) is 4.03. The van der Waals surface area contributed by atoms with Gasteiger partial charge in [0.05, 0.1) is 0 Å². The molecule has 0 aliphatic carbocycles. The van der Waals surface area contributed by atoms with Crippen LogP contribution in [0.25, 0.3) is 6.08 Å². The number of piperidine rings is 1. The van der Waals surface area contributed by atoms with Crippen LogP contribution in [0.2, 0.25) is 0 Å². The zero-order valence-corrected chi connectivity index (χ0v) is 10.5. The lowest BCUT2D eigenvalue weighted by atomic mass is 9.88. The van der Waals surface area contributed by atoms with Gasteiger partial charge in [-0.3, -0.25) is 0 Å². The van der Waals surface area contributed by atoms with Gasteiger partial charge in [-0.05, 0) is 44.1 Å². The summed E-state index contributed by atoms with van der Waals surface area (Å²) in [6.07, 6.45) is 6.62. The van der Waals surface area contributed by atoms with Crippen LogP contribution in [-0.2, 0) is 0 Å². The van der Waals surface area contributed by atoms with Gasteiger partial charge in [0.25, 0.3) is 0 Å². The van der Waals surface area contributed by atoms with Gasteiger partial charge in [-0.15, -0.1) is 0 Å². The molecule has 17 heavy (non-hydrogen) atoms. The van der Waals surface area contributed by atoms with E-state index in [1.165, 1.54) is 16.7 Å². The Morgan fingerprint density at radius 1 is 1.18 bits per heavy atom. The first-order valence-corrected chi connectivity index (χ1v) is 6.39. The summed E-state index contributed by atoms with van der Waals surface area (Å²) in [5.41, 5.74) is 3.75. The number of rotatable bonds is 0. The highest BCUT2D eigenvalue weighted by Crippen LogP contribution is 2.38. The molecular weight excluding hydrogens is 210 g/mol. The Morgan fingerprint density at radius 3 is 2.71 bits per heavy atom. The van der Waals surface area contributed by atoms with Crippen LogP contribution >= 0.6 is 0 Å². The summed E-state index contributed by atoms with van der Waals surface area (Å²) < 4.78 is 6.35. The first-order chi connectivity index (χ1) is 8.20. The van der Waals surface area contributed by atoms with E-state index in [9.17, 15) is 0 Å². The van der Waals surface area contributed by atoms with Crippen LogP contribution in [0.5, 0.6) is 5.75 Å². The van der Waals surface area contributed by atoms with Crippen molar-refractivity contribution in [3.05, 3.63) is 34.9 Å². The van der Waals surface area contributed by atoms with Gasteiger partial charge < -0.3 is 10.1 Å². The van der Waals surface area contributed by atoms with Crippen molar-refractivity contribution in [3.8, 4) is 5.75 Å². The van der Waals surface area contributed by atoms with E-state index in [1.54, 1.807) is 0 Å². The smallest absolute Gasteiger partial charge is 0.131 e. The second-order valence-corrected chi connectivity index (χ2v) is 5.18. The van der Waals surface area contributed by atoms with E-state index in [0.29, 0.717) is 0 Å². The van der Waals surface area contributed by atoms with Crippen molar-refractivity contribution in [2.24, 2.45) is 0 Å². The zero-order chi connectivity index (χ0) is 11.9. The van der Waals surface area contributed by atoms with Crippen molar-refractivity contribution in [3.63, 3.8) is 0 Å². The van der Waals surface area contributed by atoms with E-state index in [4.69, 9.17) is 4.74 Å². The first-order valence-electron chi connectivity index (χ1n) is 6.39. The molecule has 2 aliphatic heterocycles. The van der Waals surface area contributed by atoms with Gasteiger partial charge >= 0.3 is 0 Å². The van der Waals surface area contributed by atoms with Crippen molar-refractivity contribution in [2.45, 2.75) is 32.3 Å². The largest absolute Gasteiger partial charge is 0.482 e. The van der Waals surface area contributed by atoms with Gasteiger partial charge in [-0.1, -0.05) is 18.2 Å². The number of fused-ring (bicyclic) bond motifs is 1. The topological polar surface area (TPSA) is 21.3 Å². The molecule has 2 aliphatic rings. The summed E-state index contributed by atoms with van der Waals surface area (Å²) in [4.78, 5) is 0. The van der Waals surface area contributed by atoms with E-state index in [2.05, 4.69) is 43.4 Å². The fraction of sp³-hybridized carbons (Fsp3) is 0.467. The third kappa shape index (κ3) is 1.77. The molecule has 1 saturated heterocycles. The molecule has 2 heterocycles. The molecule has 2 heteroatoms. The van der Waals surface area contributed by atoms with Gasteiger partial charge in [0, 0.05) is 18.4 Å². The Kier molecular flexibility index (Phi) is 2.48. The van der Waals surface area contributed by atoms with Crippen LogP contribution in [0.4, 0.5) is 0 Å². The molecule has 3 rings (SSSR count). The second-order valence-electron chi connectivity index (χ2n) is 5.18. The van der Waals surface area contributed by atoms with E-state index in [1.807, 2.05) is 0 Å². The second kappa shape index (κ2) is 3.88. The molecule has 1 N–H and O–H groups in total. The molecule has 2 nitrogen and oxygen atoms in total. The summed E-state index contributed by atoms with van der Waals surface area (Å²) in [7, 11) is 0. The number of benzene rings is 1. The highest BCUT2D eigenvalue weighted by Gasteiger charge is 2.34. The lowest BCUT2D eigenvalue weighted by molar-refractivity contribution is 0.0814. The van der Waals surface area contributed by atoms with Gasteiger partial charge in [0.15, 0.2) is 0 Å². The first kappa shape index (κ1) is 10.8. The Morgan fingerprint density at radius 2 is 1.94 bits per heavy atom. The highest BCUT2D eigenvalue weighted by atomic mass is 16.5. The average molecular weight is 229 g/mol. The molecule has 0 atom stereocenters. The molecule has 90 valence electrons. The van der Waals surface area contributed by atoms with Crippen molar-refractivity contribution in [1.82, 2.24) is 5.32 Å². The molecule has 1 fully saturated rings. The number of hydrogen-bond donors (Lipinski definition) is 1. The van der Waals surface area contributed by atoms with E-state index in [-0.39, 0.29) is 5.60 Å². The molecule has 0 radical (unpaired) electrons. The number of ether oxygens (including phenoxy) is 1. The summed E-state index contributed by atoms with van der Waals surface area (Å²) in [6.45, 7) is 6.39.